The van der Waals surface area contributed by atoms with Gasteiger partial charge in [-0.3, -0.25) is 23.7 Å². The maximum atomic E-state index is 11.6. The van der Waals surface area contributed by atoms with Crippen molar-refractivity contribution in [3.05, 3.63) is 0 Å². The lowest BCUT2D eigenvalue weighted by atomic mass is 10.1. The molecule has 0 aliphatic heterocycles. The van der Waals surface area contributed by atoms with Crippen molar-refractivity contribution in [3.8, 4) is 0 Å². The molecule has 0 aliphatic rings. The van der Waals surface area contributed by atoms with Crippen molar-refractivity contribution in [2.75, 3.05) is 12.3 Å². The Bertz CT molecular complexity index is 574. The van der Waals surface area contributed by atoms with E-state index in [2.05, 4.69) is 0 Å². The van der Waals surface area contributed by atoms with Crippen LogP contribution in [0.5, 0.6) is 0 Å². The largest absolute Gasteiger partial charge is 0.480 e. The third-order valence-corrected chi connectivity index (χ3v) is 3.20. The molecule has 0 radical (unpaired) electrons. The molecule has 0 aromatic carbocycles. The topological polar surface area (TPSA) is 213 Å². The maximum Gasteiger partial charge on any atom is 0.322 e. The van der Waals surface area contributed by atoms with Gasteiger partial charge in [0.1, 0.15) is 24.4 Å². The molecule has 0 saturated carbocycles. The molecule has 0 bridgehead atoms. The summed E-state index contributed by atoms with van der Waals surface area (Å²) in [5, 5.41) is 20.8. The van der Waals surface area contributed by atoms with Crippen LogP contribution in [0.3, 0.4) is 0 Å². The molecule has 0 spiro atoms. The van der Waals surface area contributed by atoms with Gasteiger partial charge in [-0.2, -0.15) is 8.42 Å². The van der Waals surface area contributed by atoms with Crippen LogP contribution in [0.2, 0.25) is 0 Å². The summed E-state index contributed by atoms with van der Waals surface area (Å²) in [5.74, 6) is -5.94. The van der Waals surface area contributed by atoms with Crippen LogP contribution in [0.1, 0.15) is 12.8 Å². The zero-order valence-electron chi connectivity index (χ0n) is 11.8. The fourth-order valence-electron chi connectivity index (χ4n) is 1.36. The van der Waals surface area contributed by atoms with Gasteiger partial charge < -0.3 is 26.6 Å². The van der Waals surface area contributed by atoms with Crippen LogP contribution in [0, 0.1) is 0 Å². The molecule has 0 aliphatic carbocycles. The highest BCUT2D eigenvalue weighted by Crippen LogP contribution is 1.98. The first kappa shape index (κ1) is 20.8. The van der Waals surface area contributed by atoms with Crippen LogP contribution in [0.25, 0.3) is 0 Å². The number of nitrogens with two attached hydrogens (primary N) is 1. The highest BCUT2D eigenvalue weighted by molar-refractivity contribution is 7.85. The minimum absolute atomic E-state index is 0.267. The molecule has 7 N–H and O–H groups in total. The molecule has 0 unspecified atom stereocenters. The highest BCUT2D eigenvalue weighted by Gasteiger charge is 2.26. The van der Waals surface area contributed by atoms with Crippen molar-refractivity contribution in [3.63, 3.8) is 0 Å². The zero-order chi connectivity index (χ0) is 18.2. The van der Waals surface area contributed by atoms with Crippen molar-refractivity contribution in [1.82, 2.24) is 10.6 Å². The molecular weight excluding hydrogens is 338 g/mol. The normalized spacial score (nSPS) is 13.7. The van der Waals surface area contributed by atoms with Gasteiger partial charge >= 0.3 is 11.9 Å². The molecule has 2 atom stereocenters. The van der Waals surface area contributed by atoms with E-state index in [1.54, 1.807) is 0 Å². The van der Waals surface area contributed by atoms with E-state index in [9.17, 15) is 27.6 Å². The third-order valence-electron chi connectivity index (χ3n) is 2.44. The predicted molar refractivity (Wildman–Crippen MR) is 73.8 cm³/mol. The van der Waals surface area contributed by atoms with Gasteiger partial charge in [-0.05, 0) is 6.42 Å². The van der Waals surface area contributed by atoms with E-state index < -0.39 is 64.7 Å². The molecule has 0 rings (SSSR count). The number of carboxylic acids is 2. The van der Waals surface area contributed by atoms with Gasteiger partial charge in [0.05, 0.1) is 0 Å². The third kappa shape index (κ3) is 10.2. The first-order chi connectivity index (χ1) is 10.4. The summed E-state index contributed by atoms with van der Waals surface area (Å²) in [7, 11) is -4.64. The van der Waals surface area contributed by atoms with Crippen LogP contribution in [-0.2, 0) is 29.3 Å². The lowest BCUT2D eigenvalue weighted by molar-refractivity contribution is -0.139. The standard InChI is InChI=1S/C10H17N3O9S/c11-5(10(18)19)1-2-7(14)13-6(4-23(20,21)22)9(17)12-3-8(15)16/h5-6H,1-4,11H2,(H,12,17)(H,13,14)(H,15,16)(H,18,19)(H,20,21,22)/t5-,6-/m1/s1. The Morgan fingerprint density at radius 2 is 1.70 bits per heavy atom. The number of amides is 2. The summed E-state index contributed by atoms with van der Waals surface area (Å²) < 4.78 is 30.4. The first-order valence-electron chi connectivity index (χ1n) is 6.14. The van der Waals surface area contributed by atoms with Gasteiger partial charge in [0.25, 0.3) is 10.1 Å². The Kier molecular flexibility index (Phi) is 8.13. The molecule has 13 heteroatoms. The van der Waals surface area contributed by atoms with E-state index in [1.165, 1.54) is 0 Å². The number of carboxylic acid groups (broad SMARTS) is 2. The Morgan fingerprint density at radius 3 is 2.13 bits per heavy atom. The number of carbonyl (C=O) groups excluding carboxylic acids is 2. The lowest BCUT2D eigenvalue weighted by Gasteiger charge is -2.17. The van der Waals surface area contributed by atoms with Crippen LogP contribution in [-0.4, -0.2) is 71.3 Å². The summed E-state index contributed by atoms with van der Waals surface area (Å²) >= 11 is 0. The second kappa shape index (κ2) is 9.02. The summed E-state index contributed by atoms with van der Waals surface area (Å²) in [6, 6.07) is -3.06. The second-order valence-electron chi connectivity index (χ2n) is 4.46. The van der Waals surface area contributed by atoms with Crippen LogP contribution in [0.15, 0.2) is 0 Å². The van der Waals surface area contributed by atoms with E-state index in [-0.39, 0.29) is 6.42 Å². The van der Waals surface area contributed by atoms with Gasteiger partial charge in [-0.15, -0.1) is 0 Å². The van der Waals surface area contributed by atoms with Crippen molar-refractivity contribution in [1.29, 1.82) is 0 Å². The molecule has 0 aromatic rings. The number of rotatable bonds is 10. The van der Waals surface area contributed by atoms with Crippen molar-refractivity contribution >= 4 is 33.9 Å². The average Bonchev–Trinajstić information content (AvgIpc) is 2.39. The Balaban J connectivity index is 4.74. The fourth-order valence-corrected chi connectivity index (χ4v) is 2.01. The van der Waals surface area contributed by atoms with E-state index in [4.69, 9.17) is 20.5 Å². The van der Waals surface area contributed by atoms with Gasteiger partial charge in [-0.25, -0.2) is 0 Å². The zero-order valence-corrected chi connectivity index (χ0v) is 12.6. The Hall–Kier alpha value is -2.25. The van der Waals surface area contributed by atoms with Gasteiger partial charge in [0, 0.05) is 6.42 Å². The van der Waals surface area contributed by atoms with Crippen molar-refractivity contribution in [2.24, 2.45) is 5.73 Å². The second-order valence-corrected chi connectivity index (χ2v) is 5.96. The molecule has 0 aromatic heterocycles. The van der Waals surface area contributed by atoms with E-state index in [0.29, 0.717) is 0 Å². The quantitative estimate of drug-likeness (QED) is 0.215. The lowest BCUT2D eigenvalue weighted by Crippen LogP contribution is -2.51. The van der Waals surface area contributed by atoms with Crippen LogP contribution >= 0.6 is 0 Å². The number of nitrogens with one attached hydrogen (secondary N) is 2. The van der Waals surface area contributed by atoms with E-state index in [1.807, 2.05) is 10.6 Å². The monoisotopic (exact) mass is 355 g/mol. The Morgan fingerprint density at radius 1 is 1.13 bits per heavy atom. The maximum absolute atomic E-state index is 11.6. The summed E-state index contributed by atoms with van der Waals surface area (Å²) in [5.41, 5.74) is 5.18. The van der Waals surface area contributed by atoms with Crippen molar-refractivity contribution in [2.45, 2.75) is 24.9 Å². The number of carbonyl (C=O) groups is 4. The molecule has 2 amide bonds. The fraction of sp³-hybridized carbons (Fsp3) is 0.600. The first-order valence-corrected chi connectivity index (χ1v) is 7.75. The van der Waals surface area contributed by atoms with Crippen molar-refractivity contribution < 1.29 is 42.4 Å². The molecular formula is C10H17N3O9S. The molecule has 132 valence electrons. The number of aliphatic carboxylic acids is 2. The van der Waals surface area contributed by atoms with Gasteiger partial charge in [0.15, 0.2) is 0 Å². The molecule has 0 heterocycles. The van der Waals surface area contributed by atoms with Gasteiger partial charge in [0.2, 0.25) is 11.8 Å². The minimum Gasteiger partial charge on any atom is -0.480 e. The summed E-state index contributed by atoms with van der Waals surface area (Å²) in [6.45, 7) is -0.819. The average molecular weight is 355 g/mol. The summed E-state index contributed by atoms with van der Waals surface area (Å²) in [4.78, 5) is 44.0. The number of hydrogen-bond donors (Lipinski definition) is 6. The molecule has 12 nitrogen and oxygen atoms in total. The number of hydrogen-bond acceptors (Lipinski definition) is 7. The highest BCUT2D eigenvalue weighted by atomic mass is 32.2. The van der Waals surface area contributed by atoms with Crippen LogP contribution in [0.4, 0.5) is 0 Å². The predicted octanol–water partition coefficient (Wildman–Crippen LogP) is -3.25. The van der Waals surface area contributed by atoms with Gasteiger partial charge in [-0.1, -0.05) is 0 Å². The summed E-state index contributed by atoms with van der Waals surface area (Å²) in [6.07, 6.45) is -0.682. The Labute approximate surface area is 130 Å². The smallest absolute Gasteiger partial charge is 0.322 e. The molecule has 0 fully saturated rings. The van der Waals surface area contributed by atoms with E-state index >= 15 is 0 Å². The van der Waals surface area contributed by atoms with Crippen LogP contribution < -0.4 is 16.4 Å². The minimum atomic E-state index is -4.64. The van der Waals surface area contributed by atoms with E-state index in [0.717, 1.165) is 0 Å². The molecule has 0 saturated heterocycles. The SMILES string of the molecule is N[C@H](CCC(=O)N[C@H](CS(=O)(=O)O)C(=O)NCC(=O)O)C(=O)O. The molecule has 23 heavy (non-hydrogen) atoms.